The summed E-state index contributed by atoms with van der Waals surface area (Å²) < 4.78 is 5.50. The molecule has 0 aromatic heterocycles. The third-order valence-electron chi connectivity index (χ3n) is 17.7. The standard InChI is InChI=1S/C73H145NO5/c1-3-5-7-9-11-13-15-17-19-20-21-22-25-28-31-34-38-41-45-49-53-57-61-65-71(76)70(69-75)74-72(77)66-62-58-54-50-46-42-39-35-32-29-26-23-24-27-30-33-36-40-44-48-52-56-60-64-68-79-73(78)67-63-59-55-51-47-43-37-18-16-14-12-10-8-6-4-2/h70-71,75-76H,3-69H2,1-2H3,(H,74,77). The second-order valence-electron chi connectivity index (χ2n) is 25.6. The topological polar surface area (TPSA) is 95.9 Å². The zero-order valence-electron chi connectivity index (χ0n) is 54.2. The first-order valence-electron chi connectivity index (χ1n) is 36.8. The van der Waals surface area contributed by atoms with Gasteiger partial charge in [0.1, 0.15) is 0 Å². The van der Waals surface area contributed by atoms with Crippen molar-refractivity contribution in [2.45, 2.75) is 443 Å². The molecule has 79 heavy (non-hydrogen) atoms. The van der Waals surface area contributed by atoms with Gasteiger partial charge >= 0.3 is 5.97 Å². The van der Waals surface area contributed by atoms with Crippen LogP contribution in [-0.2, 0) is 14.3 Å². The second kappa shape index (κ2) is 69.4. The van der Waals surface area contributed by atoms with Crippen LogP contribution in [0.4, 0.5) is 0 Å². The SMILES string of the molecule is CCCCCCCCCCCCCCCCCCCCCCCCCC(O)C(CO)NC(=O)CCCCCCCCCCCCCCCCCCCCCCCCCCOC(=O)CCCCCCCCCCCCCCCCC. The smallest absolute Gasteiger partial charge is 0.305 e. The largest absolute Gasteiger partial charge is 0.466 e. The fourth-order valence-electron chi connectivity index (χ4n) is 12.1. The van der Waals surface area contributed by atoms with Crippen molar-refractivity contribution in [1.82, 2.24) is 5.32 Å². The van der Waals surface area contributed by atoms with Crippen LogP contribution in [0.15, 0.2) is 0 Å². The van der Waals surface area contributed by atoms with E-state index in [1.165, 1.54) is 360 Å². The van der Waals surface area contributed by atoms with Crippen LogP contribution >= 0.6 is 0 Å². The number of aliphatic hydroxyl groups is 2. The lowest BCUT2D eigenvalue weighted by Crippen LogP contribution is -2.45. The van der Waals surface area contributed by atoms with E-state index in [1.807, 2.05) is 0 Å². The summed E-state index contributed by atoms with van der Waals surface area (Å²) in [5, 5.41) is 23.5. The molecule has 6 heteroatoms. The lowest BCUT2D eigenvalue weighted by atomic mass is 10.0. The van der Waals surface area contributed by atoms with Crippen LogP contribution in [0.1, 0.15) is 431 Å². The van der Waals surface area contributed by atoms with Gasteiger partial charge in [-0.1, -0.05) is 393 Å². The van der Waals surface area contributed by atoms with Crippen molar-refractivity contribution in [2.75, 3.05) is 13.2 Å². The van der Waals surface area contributed by atoms with Gasteiger partial charge in [-0.15, -0.1) is 0 Å². The van der Waals surface area contributed by atoms with Crippen molar-refractivity contribution in [3.63, 3.8) is 0 Å². The Morgan fingerprint density at radius 3 is 0.772 bits per heavy atom. The van der Waals surface area contributed by atoms with Gasteiger partial charge in [0.25, 0.3) is 0 Å². The first-order chi connectivity index (χ1) is 39.0. The molecule has 0 aliphatic heterocycles. The number of carbonyl (C=O) groups excluding carboxylic acids is 2. The molecule has 1 amide bonds. The molecule has 0 spiro atoms. The Morgan fingerprint density at radius 1 is 0.304 bits per heavy atom. The van der Waals surface area contributed by atoms with Crippen LogP contribution in [-0.4, -0.2) is 47.4 Å². The summed E-state index contributed by atoms with van der Waals surface area (Å²) in [5.41, 5.74) is 0. The molecule has 3 N–H and O–H groups in total. The van der Waals surface area contributed by atoms with Gasteiger partial charge in [-0.25, -0.2) is 0 Å². The van der Waals surface area contributed by atoms with E-state index in [9.17, 15) is 19.8 Å². The molecular weight excluding hydrogens is 971 g/mol. The minimum Gasteiger partial charge on any atom is -0.466 e. The van der Waals surface area contributed by atoms with Gasteiger partial charge in [-0.05, 0) is 25.7 Å². The van der Waals surface area contributed by atoms with Crippen LogP contribution in [0.25, 0.3) is 0 Å². The van der Waals surface area contributed by atoms with Gasteiger partial charge < -0.3 is 20.3 Å². The number of hydrogen-bond donors (Lipinski definition) is 3. The van der Waals surface area contributed by atoms with Gasteiger partial charge in [-0.3, -0.25) is 9.59 Å². The highest BCUT2D eigenvalue weighted by Crippen LogP contribution is 2.20. The predicted octanol–water partition coefficient (Wildman–Crippen LogP) is 23.8. The van der Waals surface area contributed by atoms with Gasteiger partial charge in [0.15, 0.2) is 0 Å². The van der Waals surface area contributed by atoms with Crippen molar-refractivity contribution < 1.29 is 24.5 Å². The minimum atomic E-state index is -0.664. The Kier molecular flexibility index (Phi) is 68.4. The van der Waals surface area contributed by atoms with Gasteiger partial charge in [0.05, 0.1) is 25.4 Å². The number of hydrogen-bond acceptors (Lipinski definition) is 5. The van der Waals surface area contributed by atoms with Crippen molar-refractivity contribution >= 4 is 11.9 Å². The van der Waals surface area contributed by atoms with E-state index in [0.717, 1.165) is 38.5 Å². The zero-order chi connectivity index (χ0) is 57.1. The summed E-state index contributed by atoms with van der Waals surface area (Å²) in [7, 11) is 0. The normalized spacial score (nSPS) is 12.4. The van der Waals surface area contributed by atoms with E-state index in [0.29, 0.717) is 25.9 Å². The summed E-state index contributed by atoms with van der Waals surface area (Å²) in [6.07, 6.45) is 84.4. The maximum Gasteiger partial charge on any atom is 0.305 e. The number of ether oxygens (including phenoxy) is 1. The van der Waals surface area contributed by atoms with Crippen LogP contribution < -0.4 is 5.32 Å². The molecule has 0 bridgehead atoms. The molecule has 0 fully saturated rings. The third-order valence-corrected chi connectivity index (χ3v) is 17.7. The van der Waals surface area contributed by atoms with Crippen molar-refractivity contribution in [2.24, 2.45) is 0 Å². The quantitative estimate of drug-likeness (QED) is 0.0417. The molecule has 0 saturated heterocycles. The minimum absolute atomic E-state index is 0.0200. The number of nitrogens with one attached hydrogen (secondary N) is 1. The van der Waals surface area contributed by atoms with Gasteiger partial charge in [0, 0.05) is 12.8 Å². The molecule has 2 unspecified atom stereocenters. The molecule has 0 rings (SSSR count). The lowest BCUT2D eigenvalue weighted by Gasteiger charge is -2.22. The Balaban J connectivity index is 3.35. The maximum atomic E-state index is 12.6. The second-order valence-corrected chi connectivity index (χ2v) is 25.6. The van der Waals surface area contributed by atoms with Crippen LogP contribution in [0.5, 0.6) is 0 Å². The highest BCUT2D eigenvalue weighted by atomic mass is 16.5. The summed E-state index contributed by atoms with van der Waals surface area (Å²) in [4.78, 5) is 24.6. The van der Waals surface area contributed by atoms with Gasteiger partial charge in [0.2, 0.25) is 5.91 Å². The molecule has 6 nitrogen and oxygen atoms in total. The fourth-order valence-corrected chi connectivity index (χ4v) is 12.1. The molecule has 0 radical (unpaired) electrons. The number of unbranched alkanes of at least 4 members (excludes halogenated alkanes) is 59. The number of carbonyl (C=O) groups is 2. The zero-order valence-corrected chi connectivity index (χ0v) is 54.2. The van der Waals surface area contributed by atoms with Crippen molar-refractivity contribution in [3.8, 4) is 0 Å². The van der Waals surface area contributed by atoms with Crippen LogP contribution in [0.2, 0.25) is 0 Å². The van der Waals surface area contributed by atoms with Gasteiger partial charge in [-0.2, -0.15) is 0 Å². The first-order valence-corrected chi connectivity index (χ1v) is 36.8. The Labute approximate surface area is 496 Å². The Morgan fingerprint density at radius 2 is 0.519 bits per heavy atom. The monoisotopic (exact) mass is 1120 g/mol. The summed E-state index contributed by atoms with van der Waals surface area (Å²) in [6.45, 7) is 5.01. The van der Waals surface area contributed by atoms with E-state index in [1.54, 1.807) is 0 Å². The molecule has 0 heterocycles. The molecule has 472 valence electrons. The van der Waals surface area contributed by atoms with E-state index in [2.05, 4.69) is 19.2 Å². The Hall–Kier alpha value is -1.14. The predicted molar refractivity (Wildman–Crippen MR) is 347 cm³/mol. The Bertz CT molecular complexity index is 1150. The molecule has 0 aromatic carbocycles. The molecule has 0 aromatic rings. The van der Waals surface area contributed by atoms with E-state index in [4.69, 9.17) is 4.74 Å². The number of esters is 1. The number of amides is 1. The molecule has 0 aliphatic carbocycles. The molecule has 0 aliphatic rings. The first kappa shape index (κ1) is 77.9. The van der Waals surface area contributed by atoms with Crippen LogP contribution in [0, 0.1) is 0 Å². The van der Waals surface area contributed by atoms with Crippen LogP contribution in [0.3, 0.4) is 0 Å². The molecule has 0 saturated carbocycles. The average Bonchev–Trinajstić information content (AvgIpc) is 3.45. The summed E-state index contributed by atoms with van der Waals surface area (Å²) in [5.74, 6) is -0.00773. The van der Waals surface area contributed by atoms with E-state index in [-0.39, 0.29) is 18.5 Å². The molecular formula is C73H145NO5. The van der Waals surface area contributed by atoms with Crippen molar-refractivity contribution in [1.29, 1.82) is 0 Å². The van der Waals surface area contributed by atoms with E-state index < -0.39 is 12.1 Å². The number of aliphatic hydroxyl groups excluding tert-OH is 2. The molecule has 2 atom stereocenters. The summed E-state index contributed by atoms with van der Waals surface area (Å²) in [6, 6.07) is -0.541. The maximum absolute atomic E-state index is 12.6. The summed E-state index contributed by atoms with van der Waals surface area (Å²) >= 11 is 0. The third kappa shape index (κ3) is 65.9. The lowest BCUT2D eigenvalue weighted by molar-refractivity contribution is -0.143. The highest BCUT2D eigenvalue weighted by molar-refractivity contribution is 5.76. The number of rotatable bonds is 70. The van der Waals surface area contributed by atoms with Crippen molar-refractivity contribution in [3.05, 3.63) is 0 Å². The average molecular weight is 1120 g/mol. The fraction of sp³-hybridized carbons (Fsp3) is 0.973. The highest BCUT2D eigenvalue weighted by Gasteiger charge is 2.20. The van der Waals surface area contributed by atoms with E-state index >= 15 is 0 Å².